The van der Waals surface area contributed by atoms with Crippen molar-refractivity contribution in [3.63, 3.8) is 0 Å². The summed E-state index contributed by atoms with van der Waals surface area (Å²) in [5.74, 6) is 0.844. The minimum absolute atomic E-state index is 0.384. The van der Waals surface area contributed by atoms with E-state index >= 15 is 0 Å². The highest BCUT2D eigenvalue weighted by Gasteiger charge is 2.13. The maximum Gasteiger partial charge on any atom is 0.165 e. The van der Waals surface area contributed by atoms with E-state index in [2.05, 4.69) is 34.0 Å². The Balaban J connectivity index is 2.30. The monoisotopic (exact) mass is 258 g/mol. The molecule has 0 aliphatic heterocycles. The largest absolute Gasteiger partial charge is 0.312 e. The summed E-state index contributed by atoms with van der Waals surface area (Å²) in [4.78, 5) is 12.7. The van der Waals surface area contributed by atoms with E-state index in [9.17, 15) is 0 Å². The van der Waals surface area contributed by atoms with Crippen LogP contribution in [-0.4, -0.2) is 19.5 Å². The molecule has 0 aliphatic rings. The van der Waals surface area contributed by atoms with Crippen LogP contribution >= 0.6 is 11.6 Å². The van der Waals surface area contributed by atoms with Crippen molar-refractivity contribution < 1.29 is 0 Å². The van der Waals surface area contributed by atoms with Crippen molar-refractivity contribution >= 4 is 22.8 Å². The Kier molecular flexibility index (Phi) is 2.52. The number of imidazole rings is 1. The average Bonchev–Trinajstić information content (AvgIpc) is 2.69. The summed E-state index contributed by atoms with van der Waals surface area (Å²) in [6, 6.07) is 8.17. The van der Waals surface area contributed by atoms with Crippen molar-refractivity contribution in [2.45, 2.75) is 6.92 Å². The van der Waals surface area contributed by atoms with Crippen molar-refractivity contribution in [3.05, 3.63) is 41.3 Å². The number of benzene rings is 1. The van der Waals surface area contributed by atoms with E-state index in [0.29, 0.717) is 10.7 Å². The molecule has 0 bridgehead atoms. The standard InChI is InChI=1S/C13H11ClN4/c1-8-4-3-5-9(6-8)12-17-10-11(14)15-7-16-13(10)18(12)2/h3-7H,1-2H3. The summed E-state index contributed by atoms with van der Waals surface area (Å²) < 4.78 is 1.93. The molecule has 2 heterocycles. The predicted octanol–water partition coefficient (Wildman–Crippen LogP) is 2.99. The maximum absolute atomic E-state index is 6.03. The molecule has 0 saturated heterocycles. The van der Waals surface area contributed by atoms with Crippen LogP contribution in [0.1, 0.15) is 5.56 Å². The number of nitrogens with zero attached hydrogens (tertiary/aromatic N) is 4. The van der Waals surface area contributed by atoms with E-state index < -0.39 is 0 Å². The van der Waals surface area contributed by atoms with Crippen molar-refractivity contribution in [3.8, 4) is 11.4 Å². The lowest BCUT2D eigenvalue weighted by Crippen LogP contribution is -1.94. The summed E-state index contributed by atoms with van der Waals surface area (Å²) in [5.41, 5.74) is 3.62. The van der Waals surface area contributed by atoms with Crippen LogP contribution in [0.2, 0.25) is 5.15 Å². The van der Waals surface area contributed by atoms with Gasteiger partial charge in [-0.05, 0) is 13.0 Å². The lowest BCUT2D eigenvalue weighted by molar-refractivity contribution is 0.938. The van der Waals surface area contributed by atoms with Gasteiger partial charge in [-0.25, -0.2) is 15.0 Å². The zero-order valence-corrected chi connectivity index (χ0v) is 10.8. The van der Waals surface area contributed by atoms with Gasteiger partial charge in [-0.3, -0.25) is 0 Å². The second kappa shape index (κ2) is 4.07. The van der Waals surface area contributed by atoms with E-state index in [0.717, 1.165) is 17.0 Å². The Labute approximate surface area is 109 Å². The molecule has 0 N–H and O–H groups in total. The number of hydrogen-bond donors (Lipinski definition) is 0. The van der Waals surface area contributed by atoms with Gasteiger partial charge < -0.3 is 4.57 Å². The fourth-order valence-corrected chi connectivity index (χ4v) is 2.18. The Hall–Kier alpha value is -1.94. The quantitative estimate of drug-likeness (QED) is 0.630. The molecule has 2 aromatic heterocycles. The fourth-order valence-electron chi connectivity index (χ4n) is 2.01. The number of hydrogen-bond acceptors (Lipinski definition) is 3. The zero-order valence-electron chi connectivity index (χ0n) is 10.1. The fraction of sp³-hybridized carbons (Fsp3) is 0.154. The van der Waals surface area contributed by atoms with Crippen molar-refractivity contribution in [2.24, 2.45) is 7.05 Å². The first-order valence-corrected chi connectivity index (χ1v) is 5.94. The van der Waals surface area contributed by atoms with Gasteiger partial charge in [0.15, 0.2) is 10.8 Å². The molecular formula is C13H11ClN4. The van der Waals surface area contributed by atoms with E-state index in [1.807, 2.05) is 23.7 Å². The molecule has 0 spiro atoms. The molecule has 4 nitrogen and oxygen atoms in total. The van der Waals surface area contributed by atoms with Gasteiger partial charge in [0, 0.05) is 12.6 Å². The molecule has 0 unspecified atom stereocenters. The van der Waals surface area contributed by atoms with Crippen LogP contribution in [0, 0.1) is 6.92 Å². The van der Waals surface area contributed by atoms with E-state index in [1.165, 1.54) is 11.9 Å². The Bertz CT molecular complexity index is 733. The number of fused-ring (bicyclic) bond motifs is 1. The summed E-state index contributed by atoms with van der Waals surface area (Å²) in [7, 11) is 1.93. The molecule has 3 aromatic rings. The highest BCUT2D eigenvalue weighted by atomic mass is 35.5. The number of aromatic nitrogens is 4. The highest BCUT2D eigenvalue weighted by Crippen LogP contribution is 2.25. The van der Waals surface area contributed by atoms with E-state index in [4.69, 9.17) is 11.6 Å². The SMILES string of the molecule is Cc1cccc(-c2nc3c(Cl)ncnc3n2C)c1. The van der Waals surface area contributed by atoms with Crippen LogP contribution in [0.15, 0.2) is 30.6 Å². The molecule has 5 heteroatoms. The van der Waals surface area contributed by atoms with Gasteiger partial charge in [-0.2, -0.15) is 0 Å². The molecular weight excluding hydrogens is 248 g/mol. The Morgan fingerprint density at radius 1 is 1.22 bits per heavy atom. The summed E-state index contributed by atoms with van der Waals surface area (Å²) in [5, 5.41) is 0.384. The molecule has 0 amide bonds. The molecule has 0 radical (unpaired) electrons. The maximum atomic E-state index is 6.03. The first-order chi connectivity index (χ1) is 8.66. The second-order valence-electron chi connectivity index (χ2n) is 4.20. The number of halogens is 1. The molecule has 0 fully saturated rings. The topological polar surface area (TPSA) is 43.6 Å². The summed E-state index contributed by atoms with van der Waals surface area (Å²) in [6.07, 6.45) is 1.45. The van der Waals surface area contributed by atoms with Crippen molar-refractivity contribution in [1.29, 1.82) is 0 Å². The van der Waals surface area contributed by atoms with Crippen LogP contribution in [0.5, 0.6) is 0 Å². The van der Waals surface area contributed by atoms with Crippen molar-refractivity contribution in [2.75, 3.05) is 0 Å². The molecule has 0 saturated carbocycles. The van der Waals surface area contributed by atoms with Gasteiger partial charge in [0.1, 0.15) is 17.7 Å². The van der Waals surface area contributed by atoms with Gasteiger partial charge in [0.25, 0.3) is 0 Å². The normalized spacial score (nSPS) is 11.1. The Morgan fingerprint density at radius 3 is 2.78 bits per heavy atom. The summed E-state index contributed by atoms with van der Waals surface area (Å²) >= 11 is 6.03. The Morgan fingerprint density at radius 2 is 2.06 bits per heavy atom. The number of aryl methyl sites for hydroxylation is 2. The van der Waals surface area contributed by atoms with E-state index in [1.54, 1.807) is 0 Å². The van der Waals surface area contributed by atoms with Crippen molar-refractivity contribution in [1.82, 2.24) is 19.5 Å². The van der Waals surface area contributed by atoms with E-state index in [-0.39, 0.29) is 0 Å². The van der Waals surface area contributed by atoms with Gasteiger partial charge in [-0.15, -0.1) is 0 Å². The van der Waals surface area contributed by atoms with Gasteiger partial charge in [0.2, 0.25) is 0 Å². The minimum atomic E-state index is 0.384. The lowest BCUT2D eigenvalue weighted by Gasteiger charge is -2.02. The molecule has 0 atom stereocenters. The van der Waals surface area contributed by atoms with Gasteiger partial charge in [-0.1, -0.05) is 35.4 Å². The predicted molar refractivity (Wildman–Crippen MR) is 71.5 cm³/mol. The van der Waals surface area contributed by atoms with Crippen LogP contribution in [0.25, 0.3) is 22.6 Å². The van der Waals surface area contributed by atoms with Crippen LogP contribution < -0.4 is 0 Å². The van der Waals surface area contributed by atoms with Crippen LogP contribution in [-0.2, 0) is 7.05 Å². The first kappa shape index (κ1) is 11.2. The number of rotatable bonds is 1. The zero-order chi connectivity index (χ0) is 12.7. The first-order valence-electron chi connectivity index (χ1n) is 5.57. The molecule has 3 rings (SSSR count). The van der Waals surface area contributed by atoms with Crippen LogP contribution in [0.4, 0.5) is 0 Å². The third-order valence-corrected chi connectivity index (χ3v) is 3.16. The van der Waals surface area contributed by atoms with Gasteiger partial charge >= 0.3 is 0 Å². The molecule has 0 aliphatic carbocycles. The third-order valence-electron chi connectivity index (χ3n) is 2.89. The average molecular weight is 259 g/mol. The molecule has 90 valence electrons. The molecule has 18 heavy (non-hydrogen) atoms. The van der Waals surface area contributed by atoms with Crippen LogP contribution in [0.3, 0.4) is 0 Å². The summed E-state index contributed by atoms with van der Waals surface area (Å²) in [6.45, 7) is 2.05. The second-order valence-corrected chi connectivity index (χ2v) is 4.56. The van der Waals surface area contributed by atoms with Gasteiger partial charge in [0.05, 0.1) is 0 Å². The highest BCUT2D eigenvalue weighted by molar-refractivity contribution is 6.33. The third kappa shape index (κ3) is 1.66. The minimum Gasteiger partial charge on any atom is -0.312 e. The smallest absolute Gasteiger partial charge is 0.165 e. The molecule has 1 aromatic carbocycles. The lowest BCUT2D eigenvalue weighted by atomic mass is 10.1.